The molecule has 0 N–H and O–H groups in total. The predicted octanol–water partition coefficient (Wildman–Crippen LogP) is 5.09. The maximum absolute atomic E-state index is 3.53. The number of hydrogen-bond donors (Lipinski definition) is 0. The molecule has 0 saturated heterocycles. The van der Waals surface area contributed by atoms with Crippen molar-refractivity contribution in [3.05, 3.63) is 60.7 Å². The summed E-state index contributed by atoms with van der Waals surface area (Å²) in [6.07, 6.45) is 1.14. The number of aromatic nitrogens is 1. The average Bonchev–Trinajstić information content (AvgIpc) is 2.85. The molecule has 1 aromatic heterocycles. The number of rotatable bonds is 4. The Kier molecular flexibility index (Phi) is 3.69. The Labute approximate surface area is 122 Å². The monoisotopic (exact) mass is 313 g/mol. The predicted molar refractivity (Wildman–Crippen MR) is 85.8 cm³/mol. The topological polar surface area (TPSA) is 4.93 Å². The van der Waals surface area contributed by atoms with Gasteiger partial charge in [-0.2, -0.15) is 0 Å². The molecule has 0 amide bonds. The van der Waals surface area contributed by atoms with Gasteiger partial charge in [0.05, 0.1) is 0 Å². The zero-order valence-corrected chi connectivity index (χ0v) is 12.3. The Morgan fingerprint density at radius 1 is 0.895 bits per heavy atom. The van der Waals surface area contributed by atoms with E-state index >= 15 is 0 Å². The van der Waals surface area contributed by atoms with Crippen LogP contribution in [-0.4, -0.2) is 9.90 Å². The van der Waals surface area contributed by atoms with Crippen molar-refractivity contribution in [3.8, 4) is 11.3 Å². The van der Waals surface area contributed by atoms with Gasteiger partial charge in [0.25, 0.3) is 0 Å². The van der Waals surface area contributed by atoms with Crippen LogP contribution < -0.4 is 0 Å². The van der Waals surface area contributed by atoms with Gasteiger partial charge in [0.1, 0.15) is 0 Å². The second-order valence-corrected chi connectivity index (χ2v) is 5.44. The van der Waals surface area contributed by atoms with Crippen molar-refractivity contribution in [1.82, 2.24) is 4.57 Å². The highest BCUT2D eigenvalue weighted by Gasteiger charge is 2.09. The molecular weight excluding hydrogens is 298 g/mol. The first-order valence-electron chi connectivity index (χ1n) is 6.60. The highest BCUT2D eigenvalue weighted by atomic mass is 79.9. The summed E-state index contributed by atoms with van der Waals surface area (Å²) >= 11 is 3.53. The van der Waals surface area contributed by atoms with E-state index < -0.39 is 0 Å². The summed E-state index contributed by atoms with van der Waals surface area (Å²) in [5, 5.41) is 2.35. The van der Waals surface area contributed by atoms with Gasteiger partial charge in [0.15, 0.2) is 0 Å². The second-order valence-electron chi connectivity index (χ2n) is 4.65. The van der Waals surface area contributed by atoms with Crippen molar-refractivity contribution in [2.75, 3.05) is 5.33 Å². The molecule has 0 fully saturated rings. The van der Waals surface area contributed by atoms with Gasteiger partial charge in [0.2, 0.25) is 0 Å². The lowest BCUT2D eigenvalue weighted by Crippen LogP contribution is -2.00. The van der Waals surface area contributed by atoms with Crippen LogP contribution in [0.3, 0.4) is 0 Å². The molecule has 0 aliphatic carbocycles. The van der Waals surface area contributed by atoms with Gasteiger partial charge in [-0.1, -0.05) is 64.5 Å². The Balaban J connectivity index is 2.17. The van der Waals surface area contributed by atoms with Crippen LogP contribution >= 0.6 is 15.9 Å². The molecule has 96 valence electrons. The quantitative estimate of drug-likeness (QED) is 0.591. The fourth-order valence-electron chi connectivity index (χ4n) is 2.52. The molecule has 3 aromatic rings. The van der Waals surface area contributed by atoms with Crippen molar-refractivity contribution in [2.45, 2.75) is 13.0 Å². The Morgan fingerprint density at radius 2 is 1.63 bits per heavy atom. The first-order chi connectivity index (χ1) is 9.40. The smallest absolute Gasteiger partial charge is 0.0491 e. The number of aryl methyl sites for hydroxylation is 1. The van der Waals surface area contributed by atoms with E-state index in [9.17, 15) is 0 Å². The number of nitrogens with zero attached hydrogens (tertiary/aromatic N) is 1. The van der Waals surface area contributed by atoms with Gasteiger partial charge < -0.3 is 4.57 Å². The molecule has 0 radical (unpaired) electrons. The third kappa shape index (κ3) is 2.45. The van der Waals surface area contributed by atoms with Gasteiger partial charge >= 0.3 is 0 Å². The van der Waals surface area contributed by atoms with E-state index in [2.05, 4.69) is 81.2 Å². The minimum absolute atomic E-state index is 1.04. The Bertz CT molecular complexity index is 670. The SMILES string of the molecule is BrCCCn1c(-c2ccccc2)cc2ccccc21. The summed E-state index contributed by atoms with van der Waals surface area (Å²) in [4.78, 5) is 0. The standard InChI is InChI=1S/C17H16BrN/c18-11-6-12-19-16-10-5-4-9-15(16)13-17(19)14-7-2-1-3-8-14/h1-5,7-10,13H,6,11-12H2. The molecule has 0 aliphatic rings. The van der Waals surface area contributed by atoms with Crippen molar-refractivity contribution >= 4 is 26.8 Å². The highest BCUT2D eigenvalue weighted by Crippen LogP contribution is 2.28. The van der Waals surface area contributed by atoms with Gasteiger partial charge in [-0.15, -0.1) is 0 Å². The fourth-order valence-corrected chi connectivity index (χ4v) is 2.77. The molecular formula is C17H16BrN. The van der Waals surface area contributed by atoms with Crippen LogP contribution in [0.25, 0.3) is 22.2 Å². The maximum atomic E-state index is 3.53. The van der Waals surface area contributed by atoms with Gasteiger partial charge in [-0.3, -0.25) is 0 Å². The lowest BCUT2D eigenvalue weighted by Gasteiger charge is -2.10. The second kappa shape index (κ2) is 5.62. The van der Waals surface area contributed by atoms with E-state index in [1.54, 1.807) is 0 Å². The molecule has 0 unspecified atom stereocenters. The summed E-state index contributed by atoms with van der Waals surface area (Å²) in [5.74, 6) is 0. The van der Waals surface area contributed by atoms with Crippen LogP contribution in [-0.2, 0) is 6.54 Å². The van der Waals surface area contributed by atoms with Crippen molar-refractivity contribution in [3.63, 3.8) is 0 Å². The van der Waals surface area contributed by atoms with E-state index in [0.29, 0.717) is 0 Å². The van der Waals surface area contributed by atoms with Crippen molar-refractivity contribution < 1.29 is 0 Å². The summed E-state index contributed by atoms with van der Waals surface area (Å²) in [5.41, 5.74) is 3.92. The van der Waals surface area contributed by atoms with E-state index in [0.717, 1.165) is 18.3 Å². The average molecular weight is 314 g/mol. The number of para-hydroxylation sites is 1. The maximum Gasteiger partial charge on any atom is 0.0491 e. The highest BCUT2D eigenvalue weighted by molar-refractivity contribution is 9.09. The van der Waals surface area contributed by atoms with Gasteiger partial charge in [-0.05, 0) is 24.1 Å². The van der Waals surface area contributed by atoms with Crippen LogP contribution in [0, 0.1) is 0 Å². The van der Waals surface area contributed by atoms with Crippen LogP contribution in [0.1, 0.15) is 6.42 Å². The summed E-state index contributed by atoms with van der Waals surface area (Å²) in [7, 11) is 0. The van der Waals surface area contributed by atoms with Crippen LogP contribution in [0.15, 0.2) is 60.7 Å². The largest absolute Gasteiger partial charge is 0.340 e. The lowest BCUT2D eigenvalue weighted by atomic mass is 10.1. The lowest BCUT2D eigenvalue weighted by molar-refractivity contribution is 0.717. The molecule has 3 rings (SSSR count). The molecule has 0 bridgehead atoms. The normalized spacial score (nSPS) is 11.0. The zero-order chi connectivity index (χ0) is 13.1. The minimum atomic E-state index is 1.04. The first kappa shape index (κ1) is 12.5. The van der Waals surface area contributed by atoms with Gasteiger partial charge in [-0.25, -0.2) is 0 Å². The summed E-state index contributed by atoms with van der Waals surface area (Å²) in [6, 6.07) is 21.5. The number of benzene rings is 2. The first-order valence-corrected chi connectivity index (χ1v) is 7.72. The van der Waals surface area contributed by atoms with E-state index in [1.807, 2.05) is 0 Å². The Morgan fingerprint density at radius 3 is 2.42 bits per heavy atom. The van der Waals surface area contributed by atoms with Crippen molar-refractivity contribution in [1.29, 1.82) is 0 Å². The minimum Gasteiger partial charge on any atom is -0.340 e. The zero-order valence-electron chi connectivity index (χ0n) is 10.7. The van der Waals surface area contributed by atoms with E-state index in [1.165, 1.54) is 22.2 Å². The molecule has 0 aliphatic heterocycles. The van der Waals surface area contributed by atoms with Crippen LogP contribution in [0.4, 0.5) is 0 Å². The number of fused-ring (bicyclic) bond motifs is 1. The Hall–Kier alpha value is -1.54. The van der Waals surface area contributed by atoms with E-state index in [-0.39, 0.29) is 0 Å². The van der Waals surface area contributed by atoms with Crippen LogP contribution in [0.2, 0.25) is 0 Å². The van der Waals surface area contributed by atoms with E-state index in [4.69, 9.17) is 0 Å². The number of alkyl halides is 1. The van der Waals surface area contributed by atoms with Crippen LogP contribution in [0.5, 0.6) is 0 Å². The molecule has 2 aromatic carbocycles. The molecule has 0 spiro atoms. The van der Waals surface area contributed by atoms with Gasteiger partial charge in [0, 0.05) is 28.5 Å². The molecule has 2 heteroatoms. The summed E-state index contributed by atoms with van der Waals surface area (Å²) in [6.45, 7) is 1.04. The number of hydrogen-bond acceptors (Lipinski definition) is 0. The molecule has 1 heterocycles. The molecule has 0 atom stereocenters. The molecule has 19 heavy (non-hydrogen) atoms. The summed E-state index contributed by atoms with van der Waals surface area (Å²) < 4.78 is 2.42. The molecule has 0 saturated carbocycles. The van der Waals surface area contributed by atoms with Crippen molar-refractivity contribution in [2.24, 2.45) is 0 Å². The third-order valence-electron chi connectivity index (χ3n) is 3.40. The number of halogens is 1. The fraction of sp³-hybridized carbons (Fsp3) is 0.176. The third-order valence-corrected chi connectivity index (χ3v) is 3.96. The molecule has 1 nitrogen and oxygen atoms in total.